The van der Waals surface area contributed by atoms with Crippen LogP contribution in [0.5, 0.6) is 0 Å². The fraction of sp³-hybridized carbons (Fsp3) is 0.538. The summed E-state index contributed by atoms with van der Waals surface area (Å²) in [6.45, 7) is 11.0. The van der Waals surface area contributed by atoms with Crippen LogP contribution in [0.15, 0.2) is 29.8 Å². The third kappa shape index (κ3) is 6.27. The maximum atomic E-state index is 13.4. The van der Waals surface area contributed by atoms with Crippen LogP contribution in [-0.4, -0.2) is 57.4 Å². The van der Waals surface area contributed by atoms with Gasteiger partial charge in [0.25, 0.3) is 0 Å². The monoisotopic (exact) mass is 500 g/mol. The average molecular weight is 501 g/mol. The molecule has 3 amide bonds. The third-order valence-electron chi connectivity index (χ3n) is 6.37. The summed E-state index contributed by atoms with van der Waals surface area (Å²) >= 11 is 1.59. The first-order chi connectivity index (χ1) is 16.4. The first-order valence-corrected chi connectivity index (χ1v) is 12.9. The smallest absolute Gasteiger partial charge is 0.246 e. The van der Waals surface area contributed by atoms with Crippen molar-refractivity contribution in [3.05, 3.63) is 41.0 Å². The van der Waals surface area contributed by atoms with Gasteiger partial charge in [0.1, 0.15) is 12.1 Å². The van der Waals surface area contributed by atoms with Crippen molar-refractivity contribution in [3.8, 4) is 10.4 Å². The van der Waals surface area contributed by atoms with E-state index in [2.05, 4.69) is 15.6 Å². The summed E-state index contributed by atoms with van der Waals surface area (Å²) in [4.78, 5) is 45.3. The molecule has 2 heterocycles. The van der Waals surface area contributed by atoms with Crippen LogP contribution in [0.1, 0.15) is 64.8 Å². The fourth-order valence-corrected chi connectivity index (χ4v) is 5.27. The molecule has 3 N–H and O–H groups in total. The molecule has 0 saturated carbocycles. The van der Waals surface area contributed by atoms with Gasteiger partial charge in [0.2, 0.25) is 17.7 Å². The summed E-state index contributed by atoms with van der Waals surface area (Å²) in [5.41, 5.74) is 4.31. The number of nitrogens with one attached hydrogen (secondary N) is 2. The van der Waals surface area contributed by atoms with Gasteiger partial charge in [0.05, 0.1) is 28.2 Å². The van der Waals surface area contributed by atoms with E-state index in [1.165, 1.54) is 11.8 Å². The minimum absolute atomic E-state index is 0.0583. The van der Waals surface area contributed by atoms with Crippen LogP contribution in [0.4, 0.5) is 0 Å². The highest BCUT2D eigenvalue weighted by atomic mass is 32.1. The van der Waals surface area contributed by atoms with Crippen molar-refractivity contribution < 1.29 is 19.5 Å². The normalized spacial score (nSPS) is 19.8. The molecule has 3 rings (SSSR count). The molecule has 1 unspecified atom stereocenters. The van der Waals surface area contributed by atoms with Crippen LogP contribution in [0.3, 0.4) is 0 Å². The molecule has 4 atom stereocenters. The molecular formula is C26H36N4O4S. The Morgan fingerprint density at radius 1 is 1.20 bits per heavy atom. The minimum Gasteiger partial charge on any atom is -0.391 e. The van der Waals surface area contributed by atoms with E-state index >= 15 is 0 Å². The van der Waals surface area contributed by atoms with E-state index in [1.54, 1.807) is 11.3 Å². The molecule has 1 aliphatic heterocycles. The Bertz CT molecular complexity index is 1060. The molecule has 2 aromatic rings. The van der Waals surface area contributed by atoms with E-state index in [4.69, 9.17) is 0 Å². The van der Waals surface area contributed by atoms with Crippen molar-refractivity contribution in [1.82, 2.24) is 20.5 Å². The summed E-state index contributed by atoms with van der Waals surface area (Å²) in [5, 5.41) is 16.1. The number of carbonyl (C=O) groups is 3. The van der Waals surface area contributed by atoms with Crippen molar-refractivity contribution in [1.29, 1.82) is 0 Å². The van der Waals surface area contributed by atoms with Crippen LogP contribution < -0.4 is 10.6 Å². The molecule has 1 aromatic heterocycles. The number of benzene rings is 1. The number of hydrogen-bond donors (Lipinski definition) is 3. The maximum absolute atomic E-state index is 13.4. The number of aliphatic hydroxyl groups is 1. The number of aryl methyl sites for hydroxylation is 1. The summed E-state index contributed by atoms with van der Waals surface area (Å²) in [7, 11) is 0. The van der Waals surface area contributed by atoms with E-state index in [1.807, 2.05) is 64.4 Å². The Morgan fingerprint density at radius 2 is 1.86 bits per heavy atom. The zero-order valence-corrected chi connectivity index (χ0v) is 22.1. The minimum atomic E-state index is -0.802. The summed E-state index contributed by atoms with van der Waals surface area (Å²) in [6.07, 6.45) is 0.0357. The largest absolute Gasteiger partial charge is 0.391 e. The molecule has 9 heteroatoms. The number of carbonyl (C=O) groups excluding carboxylic acids is 3. The first-order valence-electron chi connectivity index (χ1n) is 12.0. The fourth-order valence-electron chi connectivity index (χ4n) is 4.46. The second kappa shape index (κ2) is 10.9. The highest BCUT2D eigenvalue weighted by molar-refractivity contribution is 7.13. The SMILES string of the molecule is CC[C@H](NC(=O)[C@@H]1C[C@@H](O)CN1C(=O)C(NC(C)=O)C(C)(C)C)c1ccc(-c2scnc2C)cc1. The van der Waals surface area contributed by atoms with Gasteiger partial charge in [-0.3, -0.25) is 14.4 Å². The third-order valence-corrected chi connectivity index (χ3v) is 7.35. The van der Waals surface area contributed by atoms with Gasteiger partial charge in [-0.1, -0.05) is 52.0 Å². The topological polar surface area (TPSA) is 112 Å². The van der Waals surface area contributed by atoms with Crippen molar-refractivity contribution in [3.63, 3.8) is 0 Å². The number of aromatic nitrogens is 1. The van der Waals surface area contributed by atoms with Gasteiger partial charge >= 0.3 is 0 Å². The number of aliphatic hydroxyl groups excluding tert-OH is 1. The van der Waals surface area contributed by atoms with Crippen molar-refractivity contribution >= 4 is 29.1 Å². The Hall–Kier alpha value is -2.78. The molecule has 8 nitrogen and oxygen atoms in total. The number of thiazole rings is 1. The molecular weight excluding hydrogens is 464 g/mol. The number of amides is 3. The van der Waals surface area contributed by atoms with E-state index < -0.39 is 23.6 Å². The van der Waals surface area contributed by atoms with Crippen molar-refractivity contribution in [2.45, 2.75) is 78.6 Å². The van der Waals surface area contributed by atoms with Gasteiger partial charge in [-0.15, -0.1) is 11.3 Å². The van der Waals surface area contributed by atoms with Crippen LogP contribution in [0.2, 0.25) is 0 Å². The standard InChI is InChI=1S/C26H36N4O4S/c1-7-20(17-8-10-18(11-9-17)22-15(2)27-14-35-22)29-24(33)21-12-19(32)13-30(21)25(34)23(26(4,5)6)28-16(3)31/h8-11,14,19-21,23,32H,7,12-13H2,1-6H3,(H,28,31)(H,29,33)/t19-,20+,21+,23?/m1/s1. The molecule has 190 valence electrons. The molecule has 1 aliphatic rings. The highest BCUT2D eigenvalue weighted by Crippen LogP contribution is 2.30. The van der Waals surface area contributed by atoms with Crippen LogP contribution in [0, 0.1) is 12.3 Å². The van der Waals surface area contributed by atoms with E-state index in [0.717, 1.165) is 21.7 Å². The van der Waals surface area contributed by atoms with Gasteiger partial charge in [-0.25, -0.2) is 4.98 Å². The molecule has 0 bridgehead atoms. The number of nitrogens with zero attached hydrogens (tertiary/aromatic N) is 2. The molecule has 0 radical (unpaired) electrons. The van der Waals surface area contributed by atoms with E-state index in [9.17, 15) is 19.5 Å². The lowest BCUT2D eigenvalue weighted by atomic mass is 9.85. The van der Waals surface area contributed by atoms with Gasteiger partial charge in [-0.05, 0) is 29.9 Å². The summed E-state index contributed by atoms with van der Waals surface area (Å²) in [6, 6.07) is 6.23. The van der Waals surface area contributed by atoms with Gasteiger partial charge in [0, 0.05) is 19.9 Å². The quantitative estimate of drug-likeness (QED) is 0.541. The lowest BCUT2D eigenvalue weighted by Gasteiger charge is -2.35. The van der Waals surface area contributed by atoms with Gasteiger partial charge in [0.15, 0.2) is 0 Å². The Labute approximate surface area is 211 Å². The number of likely N-dealkylation sites (tertiary alicyclic amines) is 1. The lowest BCUT2D eigenvalue weighted by Crippen LogP contribution is -2.57. The lowest BCUT2D eigenvalue weighted by molar-refractivity contribution is -0.144. The Kier molecular flexibility index (Phi) is 8.33. The molecule has 1 aromatic carbocycles. The zero-order valence-electron chi connectivity index (χ0n) is 21.3. The summed E-state index contributed by atoms with van der Waals surface area (Å²) in [5.74, 6) is -0.983. The predicted octanol–water partition coefficient (Wildman–Crippen LogP) is 3.20. The van der Waals surface area contributed by atoms with Crippen LogP contribution in [-0.2, 0) is 14.4 Å². The Morgan fingerprint density at radius 3 is 2.37 bits per heavy atom. The molecule has 1 fully saturated rings. The maximum Gasteiger partial charge on any atom is 0.246 e. The summed E-state index contributed by atoms with van der Waals surface area (Å²) < 4.78 is 0. The van der Waals surface area contributed by atoms with Gasteiger partial charge < -0.3 is 20.6 Å². The molecule has 0 aliphatic carbocycles. The second-order valence-electron chi connectivity index (χ2n) is 10.3. The van der Waals surface area contributed by atoms with Crippen molar-refractivity contribution in [2.75, 3.05) is 6.54 Å². The van der Waals surface area contributed by atoms with Crippen LogP contribution >= 0.6 is 11.3 Å². The van der Waals surface area contributed by atoms with E-state index in [0.29, 0.717) is 6.42 Å². The molecule has 35 heavy (non-hydrogen) atoms. The first kappa shape index (κ1) is 26.8. The van der Waals surface area contributed by atoms with Crippen LogP contribution in [0.25, 0.3) is 10.4 Å². The molecule has 1 saturated heterocycles. The Balaban J connectivity index is 1.76. The second-order valence-corrected chi connectivity index (χ2v) is 11.1. The average Bonchev–Trinajstić information content (AvgIpc) is 3.40. The van der Waals surface area contributed by atoms with E-state index in [-0.39, 0.29) is 36.7 Å². The van der Waals surface area contributed by atoms with Crippen molar-refractivity contribution in [2.24, 2.45) is 5.41 Å². The predicted molar refractivity (Wildman–Crippen MR) is 137 cm³/mol. The van der Waals surface area contributed by atoms with Gasteiger partial charge in [-0.2, -0.15) is 0 Å². The number of hydrogen-bond acceptors (Lipinski definition) is 6. The number of β-amino-alcohol motifs (C(OH)–C–C–N with tert-alkyl or cyclic N) is 1. The molecule has 0 spiro atoms. The zero-order chi connectivity index (χ0) is 25.9. The number of rotatable bonds is 7. The highest BCUT2D eigenvalue weighted by Gasteiger charge is 2.44.